The summed E-state index contributed by atoms with van der Waals surface area (Å²) < 4.78 is 5.55. The molecule has 0 unspecified atom stereocenters. The van der Waals surface area contributed by atoms with Crippen molar-refractivity contribution in [3.05, 3.63) is 42.1 Å². The zero-order valence-corrected chi connectivity index (χ0v) is 18.5. The van der Waals surface area contributed by atoms with Gasteiger partial charge in [0.25, 0.3) is 0 Å². The number of benzene rings is 1. The van der Waals surface area contributed by atoms with Gasteiger partial charge in [0.1, 0.15) is 5.60 Å². The van der Waals surface area contributed by atoms with Crippen LogP contribution in [0, 0.1) is 5.92 Å². The maximum absolute atomic E-state index is 12.4. The standard InChI is InChI=1S/C24H35N3O2/c1-18(2)16-27(17-20-9-6-8-19-10-7-13-25-22(19)20)21-11-14-26(15-12-21)23(28)29-24(3,4)5/h6-10,13,18,21H,11-12,14-17H2,1-5H3. The van der Waals surface area contributed by atoms with Gasteiger partial charge in [-0.25, -0.2) is 4.79 Å². The number of hydrogen-bond acceptors (Lipinski definition) is 4. The van der Waals surface area contributed by atoms with Crippen LogP contribution in [0.1, 0.15) is 53.0 Å². The predicted octanol–water partition coefficient (Wildman–Crippen LogP) is 5.09. The molecule has 158 valence electrons. The van der Waals surface area contributed by atoms with E-state index >= 15 is 0 Å². The number of para-hydroxylation sites is 1. The smallest absolute Gasteiger partial charge is 0.410 e. The van der Waals surface area contributed by atoms with E-state index in [4.69, 9.17) is 4.74 Å². The fraction of sp³-hybridized carbons (Fsp3) is 0.583. The molecule has 2 heterocycles. The molecule has 0 N–H and O–H groups in total. The first kappa shape index (κ1) is 21.6. The van der Waals surface area contributed by atoms with Gasteiger partial charge in [0.15, 0.2) is 0 Å². The molecule has 5 heteroatoms. The third-order valence-corrected chi connectivity index (χ3v) is 5.32. The van der Waals surface area contributed by atoms with Gasteiger partial charge in [0, 0.05) is 43.8 Å². The summed E-state index contributed by atoms with van der Waals surface area (Å²) in [7, 11) is 0. The van der Waals surface area contributed by atoms with Gasteiger partial charge < -0.3 is 9.64 Å². The van der Waals surface area contributed by atoms with Crippen LogP contribution >= 0.6 is 0 Å². The minimum atomic E-state index is -0.445. The second-order valence-corrected chi connectivity index (χ2v) is 9.51. The lowest BCUT2D eigenvalue weighted by molar-refractivity contribution is 0.0129. The highest BCUT2D eigenvalue weighted by Crippen LogP contribution is 2.24. The summed E-state index contributed by atoms with van der Waals surface area (Å²) in [6, 6.07) is 11.0. The molecule has 0 spiro atoms. The molecular formula is C24H35N3O2. The van der Waals surface area contributed by atoms with Crippen LogP contribution in [0.15, 0.2) is 36.5 Å². The summed E-state index contributed by atoms with van der Waals surface area (Å²) in [4.78, 5) is 21.5. The van der Waals surface area contributed by atoms with Crippen molar-refractivity contribution in [2.24, 2.45) is 5.92 Å². The molecule has 1 aliphatic rings. The molecule has 1 saturated heterocycles. The van der Waals surface area contributed by atoms with Crippen molar-refractivity contribution in [1.82, 2.24) is 14.8 Å². The zero-order valence-electron chi connectivity index (χ0n) is 18.5. The molecular weight excluding hydrogens is 362 g/mol. The summed E-state index contributed by atoms with van der Waals surface area (Å²) in [6.07, 6.45) is 3.64. The fourth-order valence-electron chi connectivity index (χ4n) is 4.07. The molecule has 29 heavy (non-hydrogen) atoms. The number of carbonyl (C=O) groups excluding carboxylic acids is 1. The van der Waals surface area contributed by atoms with E-state index in [1.165, 1.54) is 10.9 Å². The molecule has 0 saturated carbocycles. The van der Waals surface area contributed by atoms with Crippen molar-refractivity contribution >= 4 is 17.0 Å². The number of fused-ring (bicyclic) bond motifs is 1. The molecule has 5 nitrogen and oxygen atoms in total. The van der Waals surface area contributed by atoms with Gasteiger partial charge in [0.05, 0.1) is 5.52 Å². The number of pyridine rings is 1. The topological polar surface area (TPSA) is 45.7 Å². The SMILES string of the molecule is CC(C)CN(Cc1cccc2cccnc12)C1CCN(C(=O)OC(C)(C)C)CC1. The quantitative estimate of drug-likeness (QED) is 0.705. The van der Waals surface area contributed by atoms with Crippen molar-refractivity contribution in [2.75, 3.05) is 19.6 Å². The average Bonchev–Trinajstić information content (AvgIpc) is 2.66. The number of hydrogen-bond donors (Lipinski definition) is 0. The molecule has 1 aromatic heterocycles. The molecule has 0 bridgehead atoms. The number of nitrogens with zero attached hydrogens (tertiary/aromatic N) is 3. The third-order valence-electron chi connectivity index (χ3n) is 5.32. The first-order valence-electron chi connectivity index (χ1n) is 10.8. The average molecular weight is 398 g/mol. The Labute approximate surface area is 175 Å². The monoisotopic (exact) mass is 397 g/mol. The molecule has 1 fully saturated rings. The van der Waals surface area contributed by atoms with E-state index in [0.717, 1.165) is 44.5 Å². The second-order valence-electron chi connectivity index (χ2n) is 9.51. The number of rotatable bonds is 5. The van der Waals surface area contributed by atoms with Crippen molar-refractivity contribution < 1.29 is 9.53 Å². The largest absolute Gasteiger partial charge is 0.444 e. The highest BCUT2D eigenvalue weighted by Gasteiger charge is 2.30. The van der Waals surface area contributed by atoms with E-state index < -0.39 is 5.60 Å². The minimum absolute atomic E-state index is 0.190. The Balaban J connectivity index is 1.69. The van der Waals surface area contributed by atoms with E-state index in [2.05, 4.69) is 48.0 Å². The van der Waals surface area contributed by atoms with E-state index in [9.17, 15) is 4.79 Å². The summed E-state index contributed by atoms with van der Waals surface area (Å²) in [5.74, 6) is 0.585. The Morgan fingerprint density at radius 1 is 1.21 bits per heavy atom. The number of likely N-dealkylation sites (tertiary alicyclic amines) is 1. The van der Waals surface area contributed by atoms with Gasteiger partial charge in [-0.2, -0.15) is 0 Å². The maximum Gasteiger partial charge on any atom is 0.410 e. The van der Waals surface area contributed by atoms with Gasteiger partial charge in [0.2, 0.25) is 0 Å². The number of ether oxygens (including phenoxy) is 1. The predicted molar refractivity (Wildman–Crippen MR) is 118 cm³/mol. The first-order valence-corrected chi connectivity index (χ1v) is 10.8. The van der Waals surface area contributed by atoms with E-state index in [1.54, 1.807) is 0 Å². The van der Waals surface area contributed by atoms with Crippen LogP contribution in [0.25, 0.3) is 10.9 Å². The minimum Gasteiger partial charge on any atom is -0.444 e. The highest BCUT2D eigenvalue weighted by atomic mass is 16.6. The van der Waals surface area contributed by atoms with Crippen molar-refractivity contribution in [2.45, 2.75) is 65.6 Å². The molecule has 0 radical (unpaired) electrons. The van der Waals surface area contributed by atoms with Gasteiger partial charge >= 0.3 is 6.09 Å². The maximum atomic E-state index is 12.4. The lowest BCUT2D eigenvalue weighted by Gasteiger charge is -2.39. The van der Waals surface area contributed by atoms with E-state index in [-0.39, 0.29) is 6.09 Å². The summed E-state index contributed by atoms with van der Waals surface area (Å²) in [5, 5.41) is 1.19. The van der Waals surface area contributed by atoms with E-state index in [1.807, 2.05) is 37.9 Å². The fourth-order valence-corrected chi connectivity index (χ4v) is 4.07. The lowest BCUT2D eigenvalue weighted by Crippen LogP contribution is -2.48. The molecule has 1 aromatic carbocycles. The normalized spacial score (nSPS) is 16.0. The van der Waals surface area contributed by atoms with Gasteiger partial charge in [-0.05, 0) is 51.2 Å². The number of amides is 1. The van der Waals surface area contributed by atoms with Crippen LogP contribution in [0.2, 0.25) is 0 Å². The second kappa shape index (κ2) is 9.12. The third kappa shape index (κ3) is 5.92. The van der Waals surface area contributed by atoms with Crippen molar-refractivity contribution in [3.63, 3.8) is 0 Å². The Bertz CT molecular complexity index is 815. The van der Waals surface area contributed by atoms with Crippen molar-refractivity contribution in [1.29, 1.82) is 0 Å². The van der Waals surface area contributed by atoms with Crippen LogP contribution in [0.4, 0.5) is 4.79 Å². The molecule has 0 aliphatic carbocycles. The molecule has 3 rings (SSSR count). The van der Waals surface area contributed by atoms with Crippen LogP contribution in [-0.2, 0) is 11.3 Å². The molecule has 0 atom stereocenters. The summed E-state index contributed by atoms with van der Waals surface area (Å²) >= 11 is 0. The lowest BCUT2D eigenvalue weighted by atomic mass is 10.00. The van der Waals surface area contributed by atoms with Crippen LogP contribution in [0.5, 0.6) is 0 Å². The van der Waals surface area contributed by atoms with Crippen molar-refractivity contribution in [3.8, 4) is 0 Å². The Hall–Kier alpha value is -2.14. The first-order chi connectivity index (χ1) is 13.7. The summed E-state index contributed by atoms with van der Waals surface area (Å²) in [5.41, 5.74) is 1.92. The van der Waals surface area contributed by atoms with Crippen LogP contribution in [0.3, 0.4) is 0 Å². The number of carbonyl (C=O) groups is 1. The Kier molecular flexibility index (Phi) is 6.78. The highest BCUT2D eigenvalue weighted by molar-refractivity contribution is 5.81. The zero-order chi connectivity index (χ0) is 21.0. The van der Waals surface area contributed by atoms with E-state index in [0.29, 0.717) is 12.0 Å². The summed E-state index contributed by atoms with van der Waals surface area (Å²) in [6.45, 7) is 13.7. The van der Waals surface area contributed by atoms with Gasteiger partial charge in [-0.15, -0.1) is 0 Å². The molecule has 2 aromatic rings. The Morgan fingerprint density at radius 2 is 1.90 bits per heavy atom. The van der Waals surface area contributed by atoms with Crippen LogP contribution in [-0.4, -0.2) is 52.2 Å². The number of piperidine rings is 1. The molecule has 1 amide bonds. The van der Waals surface area contributed by atoms with Crippen LogP contribution < -0.4 is 0 Å². The molecule has 1 aliphatic heterocycles. The van der Waals surface area contributed by atoms with Gasteiger partial charge in [-0.1, -0.05) is 38.1 Å². The van der Waals surface area contributed by atoms with Gasteiger partial charge in [-0.3, -0.25) is 9.88 Å². The Morgan fingerprint density at radius 3 is 2.55 bits per heavy atom. The number of aromatic nitrogens is 1.